The number of amides is 2. The van der Waals surface area contributed by atoms with Gasteiger partial charge in [0.15, 0.2) is 0 Å². The molecule has 2 amide bonds. The molecule has 150 valence electrons. The summed E-state index contributed by atoms with van der Waals surface area (Å²) in [5, 5.41) is 7.66. The summed E-state index contributed by atoms with van der Waals surface area (Å²) in [5.41, 5.74) is 1.56. The lowest BCUT2D eigenvalue weighted by molar-refractivity contribution is 0.184. The van der Waals surface area contributed by atoms with Crippen LogP contribution in [0.2, 0.25) is 5.02 Å². The molecule has 0 radical (unpaired) electrons. The molecular weight excluding hydrogens is 392 g/mol. The highest BCUT2D eigenvalue weighted by molar-refractivity contribution is 6.30. The molecule has 0 aliphatic carbocycles. The molecule has 4 rings (SSSR count). The maximum Gasteiger partial charge on any atom is 0.321 e. The number of urea groups is 1. The molecule has 1 aliphatic rings. The Bertz CT molecular complexity index is 972. The molecule has 8 heteroatoms. The van der Waals surface area contributed by atoms with Crippen molar-refractivity contribution in [2.24, 2.45) is 0 Å². The summed E-state index contributed by atoms with van der Waals surface area (Å²) < 4.78 is 10.6. The topological polar surface area (TPSA) is 80.5 Å². The Morgan fingerprint density at radius 2 is 1.97 bits per heavy atom. The molecule has 0 spiro atoms. The molecule has 7 nitrogen and oxygen atoms in total. The summed E-state index contributed by atoms with van der Waals surface area (Å²) in [5.74, 6) is 1.83. The van der Waals surface area contributed by atoms with Gasteiger partial charge in [-0.15, -0.1) is 0 Å². The molecule has 1 unspecified atom stereocenters. The normalized spacial score (nSPS) is 16.5. The maximum absolute atomic E-state index is 12.7. The van der Waals surface area contributed by atoms with Crippen LogP contribution in [0.4, 0.5) is 10.5 Å². The van der Waals surface area contributed by atoms with Gasteiger partial charge in [-0.3, -0.25) is 0 Å². The molecular formula is C21H21ClN4O3. The van der Waals surface area contributed by atoms with Gasteiger partial charge in [0.1, 0.15) is 5.75 Å². The summed E-state index contributed by atoms with van der Waals surface area (Å²) >= 11 is 5.93. The van der Waals surface area contributed by atoms with Gasteiger partial charge in [-0.25, -0.2) is 4.79 Å². The fraction of sp³-hybridized carbons (Fsp3) is 0.286. The zero-order valence-corrected chi connectivity index (χ0v) is 16.7. The minimum absolute atomic E-state index is 0.0129. The smallest absolute Gasteiger partial charge is 0.321 e. The van der Waals surface area contributed by atoms with Gasteiger partial charge in [0.2, 0.25) is 11.7 Å². The van der Waals surface area contributed by atoms with E-state index in [0.717, 1.165) is 29.8 Å². The number of methoxy groups -OCH3 is 1. The molecule has 3 aromatic rings. The van der Waals surface area contributed by atoms with Gasteiger partial charge >= 0.3 is 6.03 Å². The van der Waals surface area contributed by atoms with Crippen molar-refractivity contribution in [2.75, 3.05) is 25.5 Å². The van der Waals surface area contributed by atoms with Gasteiger partial charge in [0.05, 0.1) is 13.0 Å². The number of halogens is 1. The summed E-state index contributed by atoms with van der Waals surface area (Å²) in [6.07, 6.45) is 1.77. The van der Waals surface area contributed by atoms with Crippen LogP contribution in [0.15, 0.2) is 53.1 Å². The number of likely N-dealkylation sites (tertiary alicyclic amines) is 1. The van der Waals surface area contributed by atoms with E-state index >= 15 is 0 Å². The summed E-state index contributed by atoms with van der Waals surface area (Å²) in [7, 11) is 1.61. The molecule has 1 fully saturated rings. The Balaban J connectivity index is 1.41. The summed E-state index contributed by atoms with van der Waals surface area (Å²) in [6, 6.07) is 14.4. The van der Waals surface area contributed by atoms with E-state index in [1.54, 1.807) is 24.1 Å². The third kappa shape index (κ3) is 4.51. The first kappa shape index (κ1) is 19.3. The molecule has 1 N–H and O–H groups in total. The second kappa shape index (κ2) is 8.53. The number of hydrogen-bond donors (Lipinski definition) is 1. The second-order valence-electron chi connectivity index (χ2n) is 6.91. The minimum Gasteiger partial charge on any atom is -0.497 e. The first-order chi connectivity index (χ1) is 14.1. The van der Waals surface area contributed by atoms with E-state index in [2.05, 4.69) is 15.5 Å². The molecule has 1 aliphatic heterocycles. The van der Waals surface area contributed by atoms with Crippen molar-refractivity contribution in [3.8, 4) is 17.1 Å². The van der Waals surface area contributed by atoms with Crippen LogP contribution < -0.4 is 10.1 Å². The molecule has 1 atom stereocenters. The number of piperidine rings is 1. The van der Waals surface area contributed by atoms with E-state index in [1.807, 2.05) is 36.4 Å². The van der Waals surface area contributed by atoms with E-state index in [4.69, 9.17) is 20.9 Å². The fourth-order valence-corrected chi connectivity index (χ4v) is 3.48. The van der Waals surface area contributed by atoms with Crippen LogP contribution in [0.3, 0.4) is 0 Å². The number of aromatic nitrogens is 2. The lowest BCUT2D eigenvalue weighted by Crippen LogP contribution is -2.41. The molecule has 1 saturated heterocycles. The third-order valence-corrected chi connectivity index (χ3v) is 5.20. The Labute approximate surface area is 173 Å². The average molecular weight is 413 g/mol. The third-order valence-electron chi connectivity index (χ3n) is 4.94. The summed E-state index contributed by atoms with van der Waals surface area (Å²) in [4.78, 5) is 19.0. The number of nitrogens with zero attached hydrogens (tertiary/aromatic N) is 3. The largest absolute Gasteiger partial charge is 0.497 e. The van der Waals surface area contributed by atoms with Crippen LogP contribution in [0, 0.1) is 0 Å². The standard InChI is InChI=1S/C21H21ClN4O3/c1-28-18-10-8-17(9-11-18)23-21(27)26-12-2-3-15(13-26)20-24-19(25-29-20)14-4-6-16(22)7-5-14/h4-11,15H,2-3,12-13H2,1H3,(H,23,27). The van der Waals surface area contributed by atoms with Crippen LogP contribution in [-0.4, -0.2) is 41.3 Å². The number of nitrogens with one attached hydrogen (secondary N) is 1. The zero-order valence-electron chi connectivity index (χ0n) is 16.0. The van der Waals surface area contributed by atoms with E-state index in [1.165, 1.54) is 0 Å². The highest BCUT2D eigenvalue weighted by atomic mass is 35.5. The lowest BCUT2D eigenvalue weighted by atomic mass is 9.98. The minimum atomic E-state index is -0.141. The summed E-state index contributed by atoms with van der Waals surface area (Å²) in [6.45, 7) is 1.22. The van der Waals surface area contributed by atoms with Crippen molar-refractivity contribution in [3.05, 3.63) is 59.4 Å². The SMILES string of the molecule is COc1ccc(NC(=O)N2CCCC(c3nc(-c4ccc(Cl)cc4)no3)C2)cc1. The number of carbonyl (C=O) groups excluding carboxylic acids is 1. The predicted octanol–water partition coefficient (Wildman–Crippen LogP) is 4.81. The predicted molar refractivity (Wildman–Crippen MR) is 110 cm³/mol. The van der Waals surface area contributed by atoms with Gasteiger partial charge in [0.25, 0.3) is 0 Å². The van der Waals surface area contributed by atoms with Crippen molar-refractivity contribution in [3.63, 3.8) is 0 Å². The quantitative estimate of drug-likeness (QED) is 0.665. The van der Waals surface area contributed by atoms with Crippen molar-refractivity contribution in [1.29, 1.82) is 0 Å². The van der Waals surface area contributed by atoms with E-state index < -0.39 is 0 Å². The van der Waals surface area contributed by atoms with Crippen LogP contribution in [0.5, 0.6) is 5.75 Å². The Kier molecular flexibility index (Phi) is 5.67. The Morgan fingerprint density at radius 1 is 1.21 bits per heavy atom. The fourth-order valence-electron chi connectivity index (χ4n) is 3.36. The maximum atomic E-state index is 12.7. The number of ether oxygens (including phenoxy) is 1. The van der Waals surface area contributed by atoms with Crippen molar-refractivity contribution in [1.82, 2.24) is 15.0 Å². The van der Waals surface area contributed by atoms with Gasteiger partial charge in [0, 0.05) is 29.4 Å². The van der Waals surface area contributed by atoms with E-state index in [0.29, 0.717) is 29.8 Å². The van der Waals surface area contributed by atoms with Gasteiger partial charge in [-0.2, -0.15) is 4.98 Å². The molecule has 0 saturated carbocycles. The highest BCUT2D eigenvalue weighted by Crippen LogP contribution is 2.28. The lowest BCUT2D eigenvalue weighted by Gasteiger charge is -2.31. The van der Waals surface area contributed by atoms with Crippen molar-refractivity contribution < 1.29 is 14.1 Å². The highest BCUT2D eigenvalue weighted by Gasteiger charge is 2.28. The van der Waals surface area contributed by atoms with E-state index in [9.17, 15) is 4.79 Å². The molecule has 1 aromatic heterocycles. The van der Waals surface area contributed by atoms with Crippen molar-refractivity contribution in [2.45, 2.75) is 18.8 Å². The number of rotatable bonds is 4. The van der Waals surface area contributed by atoms with Crippen molar-refractivity contribution >= 4 is 23.3 Å². The van der Waals surface area contributed by atoms with Crippen LogP contribution in [0.25, 0.3) is 11.4 Å². The van der Waals surface area contributed by atoms with Crippen LogP contribution in [-0.2, 0) is 0 Å². The molecule has 29 heavy (non-hydrogen) atoms. The number of hydrogen-bond acceptors (Lipinski definition) is 5. The van der Waals surface area contributed by atoms with Gasteiger partial charge < -0.3 is 19.5 Å². The zero-order chi connectivity index (χ0) is 20.2. The Hall–Kier alpha value is -3.06. The number of benzene rings is 2. The van der Waals surface area contributed by atoms with Gasteiger partial charge in [-0.05, 0) is 61.4 Å². The molecule has 2 aromatic carbocycles. The first-order valence-electron chi connectivity index (χ1n) is 9.42. The second-order valence-corrected chi connectivity index (χ2v) is 7.34. The molecule has 2 heterocycles. The first-order valence-corrected chi connectivity index (χ1v) is 9.79. The number of anilines is 1. The van der Waals surface area contributed by atoms with E-state index in [-0.39, 0.29) is 11.9 Å². The average Bonchev–Trinajstić information content (AvgIpc) is 3.25. The van der Waals surface area contributed by atoms with Gasteiger partial charge in [-0.1, -0.05) is 16.8 Å². The molecule has 0 bridgehead atoms. The van der Waals surface area contributed by atoms with Crippen LogP contribution in [0.1, 0.15) is 24.7 Å². The number of carbonyl (C=O) groups is 1. The monoisotopic (exact) mass is 412 g/mol. The van der Waals surface area contributed by atoms with Crippen LogP contribution >= 0.6 is 11.6 Å². The Morgan fingerprint density at radius 3 is 2.69 bits per heavy atom.